The van der Waals surface area contributed by atoms with Gasteiger partial charge in [-0.3, -0.25) is 0 Å². The Morgan fingerprint density at radius 1 is 1.39 bits per heavy atom. The summed E-state index contributed by atoms with van der Waals surface area (Å²) in [5.41, 5.74) is 2.79. The molecule has 0 unspecified atom stereocenters. The van der Waals surface area contributed by atoms with Crippen LogP contribution in [0.3, 0.4) is 0 Å². The van der Waals surface area contributed by atoms with Crippen molar-refractivity contribution >= 4 is 5.69 Å². The molecule has 2 aliphatic rings. The molecule has 0 spiro atoms. The molecule has 2 nitrogen and oxygen atoms in total. The molecule has 2 aliphatic heterocycles. The highest BCUT2D eigenvalue weighted by atomic mass is 16.5. The van der Waals surface area contributed by atoms with Crippen LogP contribution in [-0.4, -0.2) is 19.2 Å². The van der Waals surface area contributed by atoms with E-state index in [0.717, 1.165) is 24.6 Å². The molecule has 18 heavy (non-hydrogen) atoms. The third-order valence-electron chi connectivity index (χ3n) is 4.39. The molecule has 0 radical (unpaired) electrons. The third kappa shape index (κ3) is 1.71. The zero-order valence-corrected chi connectivity index (χ0v) is 11.1. The quantitative estimate of drug-likeness (QED) is 0.753. The standard InChI is InChI=1S/C16H21NO/c1-3-5-12-8-9-13-10-11-14-15(17(12)13)6-4-7-16(14)18-2/h3-4,6-7,12-13H,1,5,8-11H2,2H3/t12-,13-/m0/s1. The van der Waals surface area contributed by atoms with Crippen molar-refractivity contribution in [2.45, 2.75) is 44.2 Å². The molecular weight excluding hydrogens is 222 g/mol. The van der Waals surface area contributed by atoms with Crippen molar-refractivity contribution in [1.29, 1.82) is 0 Å². The van der Waals surface area contributed by atoms with Crippen LogP contribution in [0.25, 0.3) is 0 Å². The van der Waals surface area contributed by atoms with Gasteiger partial charge in [0.15, 0.2) is 0 Å². The number of fused-ring (bicyclic) bond motifs is 3. The monoisotopic (exact) mass is 243 g/mol. The van der Waals surface area contributed by atoms with Crippen LogP contribution in [0.4, 0.5) is 5.69 Å². The van der Waals surface area contributed by atoms with E-state index in [4.69, 9.17) is 4.74 Å². The molecule has 1 saturated heterocycles. The van der Waals surface area contributed by atoms with E-state index in [2.05, 4.69) is 35.8 Å². The summed E-state index contributed by atoms with van der Waals surface area (Å²) in [5.74, 6) is 1.05. The van der Waals surface area contributed by atoms with Crippen molar-refractivity contribution in [3.05, 3.63) is 36.4 Å². The molecule has 0 saturated carbocycles. The molecule has 1 aromatic carbocycles. The first-order chi connectivity index (χ1) is 8.85. The highest BCUT2D eigenvalue weighted by Gasteiger charge is 2.37. The number of rotatable bonds is 3. The number of nitrogens with zero attached hydrogens (tertiary/aromatic N) is 1. The van der Waals surface area contributed by atoms with E-state index in [0.29, 0.717) is 6.04 Å². The predicted molar refractivity (Wildman–Crippen MR) is 75.4 cm³/mol. The maximum Gasteiger partial charge on any atom is 0.124 e. The largest absolute Gasteiger partial charge is 0.496 e. The molecule has 3 rings (SSSR count). The Bertz CT molecular complexity index is 454. The minimum absolute atomic E-state index is 0.638. The Morgan fingerprint density at radius 3 is 3.06 bits per heavy atom. The van der Waals surface area contributed by atoms with Gasteiger partial charge in [0, 0.05) is 23.3 Å². The fourth-order valence-electron chi connectivity index (χ4n) is 3.61. The molecule has 1 fully saturated rings. The van der Waals surface area contributed by atoms with Crippen LogP contribution in [0, 0.1) is 0 Å². The lowest BCUT2D eigenvalue weighted by Gasteiger charge is -2.38. The lowest BCUT2D eigenvalue weighted by molar-refractivity contribution is 0.405. The number of benzene rings is 1. The first-order valence-corrected chi connectivity index (χ1v) is 6.90. The zero-order valence-electron chi connectivity index (χ0n) is 11.1. The Balaban J connectivity index is 2.01. The van der Waals surface area contributed by atoms with Crippen molar-refractivity contribution in [1.82, 2.24) is 0 Å². The Morgan fingerprint density at radius 2 is 2.28 bits per heavy atom. The van der Waals surface area contributed by atoms with E-state index >= 15 is 0 Å². The summed E-state index contributed by atoms with van der Waals surface area (Å²) in [5, 5.41) is 0. The van der Waals surface area contributed by atoms with E-state index in [1.807, 2.05) is 0 Å². The van der Waals surface area contributed by atoms with Gasteiger partial charge in [-0.25, -0.2) is 0 Å². The molecule has 0 N–H and O–H groups in total. The topological polar surface area (TPSA) is 12.5 Å². The van der Waals surface area contributed by atoms with Crippen LogP contribution < -0.4 is 9.64 Å². The number of hydrogen-bond acceptors (Lipinski definition) is 2. The van der Waals surface area contributed by atoms with Crippen LogP contribution >= 0.6 is 0 Å². The lowest BCUT2D eigenvalue weighted by atomic mass is 9.95. The molecular formula is C16H21NO. The minimum atomic E-state index is 0.638. The van der Waals surface area contributed by atoms with Gasteiger partial charge in [0.1, 0.15) is 5.75 Å². The highest BCUT2D eigenvalue weighted by Crippen LogP contribution is 2.43. The first kappa shape index (κ1) is 11.6. The normalized spacial score (nSPS) is 25.5. The van der Waals surface area contributed by atoms with Gasteiger partial charge in [-0.15, -0.1) is 6.58 Å². The van der Waals surface area contributed by atoms with Crippen LogP contribution in [-0.2, 0) is 6.42 Å². The fourth-order valence-corrected chi connectivity index (χ4v) is 3.61. The van der Waals surface area contributed by atoms with E-state index in [-0.39, 0.29) is 0 Å². The lowest BCUT2D eigenvalue weighted by Crippen LogP contribution is -2.39. The predicted octanol–water partition coefficient (Wildman–Crippen LogP) is 3.55. The Labute approximate surface area is 109 Å². The second kappa shape index (κ2) is 4.68. The Hall–Kier alpha value is -1.44. The van der Waals surface area contributed by atoms with Gasteiger partial charge in [0.05, 0.1) is 7.11 Å². The maximum atomic E-state index is 5.51. The van der Waals surface area contributed by atoms with Gasteiger partial charge in [-0.05, 0) is 44.2 Å². The average Bonchev–Trinajstić information content (AvgIpc) is 2.82. The van der Waals surface area contributed by atoms with Gasteiger partial charge < -0.3 is 9.64 Å². The number of hydrogen-bond donors (Lipinski definition) is 0. The Kier molecular flexibility index (Phi) is 3.02. The van der Waals surface area contributed by atoms with Crippen LogP contribution in [0.15, 0.2) is 30.9 Å². The van der Waals surface area contributed by atoms with Gasteiger partial charge in [0.2, 0.25) is 0 Å². The summed E-state index contributed by atoms with van der Waals surface area (Å²) >= 11 is 0. The van der Waals surface area contributed by atoms with E-state index < -0.39 is 0 Å². The van der Waals surface area contributed by atoms with Crippen molar-refractivity contribution in [3.63, 3.8) is 0 Å². The molecule has 2 heteroatoms. The zero-order chi connectivity index (χ0) is 12.5. The minimum Gasteiger partial charge on any atom is -0.496 e. The molecule has 2 heterocycles. The smallest absolute Gasteiger partial charge is 0.124 e. The summed E-state index contributed by atoms with van der Waals surface area (Å²) in [6, 6.07) is 7.82. The van der Waals surface area contributed by atoms with Gasteiger partial charge in [0.25, 0.3) is 0 Å². The molecule has 1 aromatic rings. The first-order valence-electron chi connectivity index (χ1n) is 6.90. The summed E-state index contributed by atoms with van der Waals surface area (Å²) in [7, 11) is 1.77. The van der Waals surface area contributed by atoms with Gasteiger partial charge >= 0.3 is 0 Å². The average molecular weight is 243 g/mol. The van der Waals surface area contributed by atoms with Crippen LogP contribution in [0.5, 0.6) is 5.75 Å². The molecule has 0 aliphatic carbocycles. The van der Waals surface area contributed by atoms with Crippen molar-refractivity contribution in [3.8, 4) is 5.75 Å². The fraction of sp³-hybridized carbons (Fsp3) is 0.500. The van der Waals surface area contributed by atoms with Gasteiger partial charge in [-0.2, -0.15) is 0 Å². The van der Waals surface area contributed by atoms with Crippen molar-refractivity contribution < 1.29 is 4.74 Å². The summed E-state index contributed by atoms with van der Waals surface area (Å²) in [6.45, 7) is 3.90. The molecule has 0 aromatic heterocycles. The number of ether oxygens (including phenoxy) is 1. The van der Waals surface area contributed by atoms with E-state index in [9.17, 15) is 0 Å². The SMILES string of the molecule is C=CC[C@H]1CC[C@H]2CCc3c(OC)cccc3N21. The molecule has 96 valence electrons. The van der Waals surface area contributed by atoms with Crippen LogP contribution in [0.2, 0.25) is 0 Å². The van der Waals surface area contributed by atoms with E-state index in [1.54, 1.807) is 7.11 Å². The molecule has 2 atom stereocenters. The van der Waals surface area contributed by atoms with E-state index in [1.165, 1.54) is 30.5 Å². The van der Waals surface area contributed by atoms with Crippen LogP contribution in [0.1, 0.15) is 31.2 Å². The molecule has 0 bridgehead atoms. The molecule has 0 amide bonds. The van der Waals surface area contributed by atoms with Crippen molar-refractivity contribution in [2.24, 2.45) is 0 Å². The van der Waals surface area contributed by atoms with Gasteiger partial charge in [-0.1, -0.05) is 12.1 Å². The highest BCUT2D eigenvalue weighted by molar-refractivity contribution is 5.63. The summed E-state index contributed by atoms with van der Waals surface area (Å²) < 4.78 is 5.51. The second-order valence-electron chi connectivity index (χ2n) is 5.31. The summed E-state index contributed by atoms with van der Waals surface area (Å²) in [6.07, 6.45) is 8.19. The summed E-state index contributed by atoms with van der Waals surface area (Å²) in [4.78, 5) is 2.63. The third-order valence-corrected chi connectivity index (χ3v) is 4.39. The second-order valence-corrected chi connectivity index (χ2v) is 5.31. The van der Waals surface area contributed by atoms with Crippen molar-refractivity contribution in [2.75, 3.05) is 12.0 Å². The maximum absolute atomic E-state index is 5.51. The number of anilines is 1. The number of methoxy groups -OCH3 is 1.